The zero-order valence-electron chi connectivity index (χ0n) is 11.9. The first-order valence-electron chi connectivity index (χ1n) is 6.45. The lowest BCUT2D eigenvalue weighted by Gasteiger charge is -2.09. The number of methoxy groups -OCH3 is 1. The molecule has 0 N–H and O–H groups in total. The van der Waals surface area contributed by atoms with E-state index in [4.69, 9.17) is 0 Å². The molecule has 0 bridgehead atoms. The van der Waals surface area contributed by atoms with E-state index in [1.54, 1.807) is 6.20 Å². The summed E-state index contributed by atoms with van der Waals surface area (Å²) in [6.07, 6.45) is 3.62. The Balaban J connectivity index is 2.16. The molecule has 0 unspecified atom stereocenters. The predicted octanol–water partition coefficient (Wildman–Crippen LogP) is 3.26. The molecule has 2 aromatic rings. The Morgan fingerprint density at radius 3 is 2.65 bits per heavy atom. The lowest BCUT2D eigenvalue weighted by molar-refractivity contribution is -0.137. The molecular formula is C15H18N2O2S. The van der Waals surface area contributed by atoms with Crippen molar-refractivity contribution in [2.45, 2.75) is 24.9 Å². The minimum atomic E-state index is -0.250. The second-order valence-corrected chi connectivity index (χ2v) is 5.63. The van der Waals surface area contributed by atoms with Crippen LogP contribution in [0.15, 0.2) is 41.8 Å². The number of esters is 1. The SMILES string of the molecule is COC(=O)CSc1nccn1-c1ccc(C(C)C)cc1. The van der Waals surface area contributed by atoms with Gasteiger partial charge in [-0.2, -0.15) is 0 Å². The molecule has 4 nitrogen and oxygen atoms in total. The van der Waals surface area contributed by atoms with Crippen LogP contribution in [0, 0.1) is 0 Å². The Hall–Kier alpha value is -1.75. The first-order valence-corrected chi connectivity index (χ1v) is 7.43. The van der Waals surface area contributed by atoms with Gasteiger partial charge in [-0.1, -0.05) is 37.7 Å². The quantitative estimate of drug-likeness (QED) is 0.626. The topological polar surface area (TPSA) is 44.1 Å². The van der Waals surface area contributed by atoms with Gasteiger partial charge in [-0.3, -0.25) is 9.36 Å². The largest absolute Gasteiger partial charge is 0.468 e. The van der Waals surface area contributed by atoms with Crippen LogP contribution in [0.3, 0.4) is 0 Å². The van der Waals surface area contributed by atoms with Crippen molar-refractivity contribution >= 4 is 17.7 Å². The van der Waals surface area contributed by atoms with Crippen LogP contribution < -0.4 is 0 Å². The molecule has 0 spiro atoms. The molecule has 1 aromatic heterocycles. The van der Waals surface area contributed by atoms with Crippen molar-refractivity contribution in [3.63, 3.8) is 0 Å². The van der Waals surface area contributed by atoms with E-state index in [9.17, 15) is 4.79 Å². The van der Waals surface area contributed by atoms with Gasteiger partial charge in [0.25, 0.3) is 0 Å². The highest BCUT2D eigenvalue weighted by atomic mass is 32.2. The maximum Gasteiger partial charge on any atom is 0.316 e. The molecule has 0 aliphatic carbocycles. The van der Waals surface area contributed by atoms with Crippen LogP contribution in [-0.4, -0.2) is 28.4 Å². The minimum absolute atomic E-state index is 0.250. The third-order valence-corrected chi connectivity index (χ3v) is 3.93. The van der Waals surface area contributed by atoms with Gasteiger partial charge >= 0.3 is 5.97 Å². The first-order chi connectivity index (χ1) is 9.61. The van der Waals surface area contributed by atoms with Gasteiger partial charge in [0.2, 0.25) is 0 Å². The first kappa shape index (κ1) is 14.7. The van der Waals surface area contributed by atoms with Crippen molar-refractivity contribution in [3.8, 4) is 5.69 Å². The number of carbonyl (C=O) groups excluding carboxylic acids is 1. The van der Waals surface area contributed by atoms with Gasteiger partial charge in [-0.25, -0.2) is 4.98 Å². The molecule has 1 heterocycles. The van der Waals surface area contributed by atoms with Gasteiger partial charge in [0.15, 0.2) is 5.16 Å². The zero-order chi connectivity index (χ0) is 14.5. The predicted molar refractivity (Wildman–Crippen MR) is 80.4 cm³/mol. The lowest BCUT2D eigenvalue weighted by atomic mass is 10.0. The number of imidazole rings is 1. The molecule has 5 heteroatoms. The van der Waals surface area contributed by atoms with Crippen LogP contribution in [0.1, 0.15) is 25.3 Å². The molecule has 0 atom stereocenters. The fraction of sp³-hybridized carbons (Fsp3) is 0.333. The number of rotatable bonds is 5. The second-order valence-electron chi connectivity index (χ2n) is 4.69. The van der Waals surface area contributed by atoms with E-state index in [0.29, 0.717) is 5.92 Å². The molecule has 0 amide bonds. The van der Waals surface area contributed by atoms with Crippen molar-refractivity contribution in [2.75, 3.05) is 12.9 Å². The summed E-state index contributed by atoms with van der Waals surface area (Å²) in [6, 6.07) is 8.38. The molecule has 0 saturated carbocycles. The van der Waals surface area contributed by atoms with E-state index in [1.165, 1.54) is 24.4 Å². The van der Waals surface area contributed by atoms with E-state index < -0.39 is 0 Å². The molecule has 2 rings (SSSR count). The zero-order valence-corrected chi connectivity index (χ0v) is 12.7. The maximum absolute atomic E-state index is 11.2. The highest BCUT2D eigenvalue weighted by Crippen LogP contribution is 2.22. The number of thioether (sulfide) groups is 1. The smallest absolute Gasteiger partial charge is 0.316 e. The second kappa shape index (κ2) is 6.61. The van der Waals surface area contributed by atoms with E-state index in [2.05, 4.69) is 47.8 Å². The van der Waals surface area contributed by atoms with Gasteiger partial charge in [0, 0.05) is 18.1 Å². The van der Waals surface area contributed by atoms with Crippen LogP contribution in [-0.2, 0) is 9.53 Å². The Kier molecular flexibility index (Phi) is 4.84. The number of nitrogens with zero attached hydrogens (tertiary/aromatic N) is 2. The average molecular weight is 290 g/mol. The van der Waals surface area contributed by atoms with E-state index in [0.717, 1.165) is 10.8 Å². The summed E-state index contributed by atoms with van der Waals surface area (Å²) in [6.45, 7) is 4.34. The molecule has 0 saturated heterocycles. The molecule has 1 aromatic carbocycles. The molecular weight excluding hydrogens is 272 g/mol. The minimum Gasteiger partial charge on any atom is -0.468 e. The standard InChI is InChI=1S/C15H18N2O2S/c1-11(2)12-4-6-13(7-5-12)17-9-8-16-15(17)20-10-14(18)19-3/h4-9,11H,10H2,1-3H3. The van der Waals surface area contributed by atoms with Crippen molar-refractivity contribution in [1.29, 1.82) is 0 Å². The molecule has 0 fully saturated rings. The van der Waals surface area contributed by atoms with Gasteiger partial charge in [-0.15, -0.1) is 0 Å². The fourth-order valence-electron chi connectivity index (χ4n) is 1.80. The summed E-state index contributed by atoms with van der Waals surface area (Å²) in [7, 11) is 1.39. The molecule has 20 heavy (non-hydrogen) atoms. The number of carbonyl (C=O) groups is 1. The maximum atomic E-state index is 11.2. The van der Waals surface area contributed by atoms with Crippen LogP contribution in [0.2, 0.25) is 0 Å². The van der Waals surface area contributed by atoms with E-state index >= 15 is 0 Å². The summed E-state index contributed by atoms with van der Waals surface area (Å²) in [5, 5.41) is 0.785. The van der Waals surface area contributed by atoms with Gasteiger partial charge in [-0.05, 0) is 23.6 Å². The molecule has 106 valence electrons. The molecule has 0 aliphatic heterocycles. The lowest BCUT2D eigenvalue weighted by Crippen LogP contribution is -2.04. The molecule has 0 radical (unpaired) electrons. The highest BCUT2D eigenvalue weighted by Gasteiger charge is 2.09. The number of ether oxygens (including phenoxy) is 1. The Bertz CT molecular complexity index is 576. The Morgan fingerprint density at radius 2 is 2.05 bits per heavy atom. The summed E-state index contributed by atoms with van der Waals surface area (Å²) in [4.78, 5) is 15.5. The van der Waals surface area contributed by atoms with Gasteiger partial charge < -0.3 is 4.74 Å². The van der Waals surface area contributed by atoms with Crippen LogP contribution in [0.5, 0.6) is 0 Å². The third kappa shape index (κ3) is 3.42. The average Bonchev–Trinajstić information content (AvgIpc) is 2.93. The monoisotopic (exact) mass is 290 g/mol. The third-order valence-electron chi connectivity index (χ3n) is 2.99. The van der Waals surface area contributed by atoms with Crippen LogP contribution >= 0.6 is 11.8 Å². The van der Waals surface area contributed by atoms with E-state index in [-0.39, 0.29) is 11.7 Å². The van der Waals surface area contributed by atoms with Gasteiger partial charge in [0.05, 0.1) is 12.9 Å². The van der Waals surface area contributed by atoms with Gasteiger partial charge in [0.1, 0.15) is 0 Å². The normalized spacial score (nSPS) is 10.8. The summed E-state index contributed by atoms with van der Waals surface area (Å²) >= 11 is 1.37. The number of hydrogen-bond acceptors (Lipinski definition) is 4. The van der Waals surface area contributed by atoms with Crippen molar-refractivity contribution in [3.05, 3.63) is 42.2 Å². The van der Waals surface area contributed by atoms with Crippen molar-refractivity contribution < 1.29 is 9.53 Å². The number of benzene rings is 1. The fourth-order valence-corrected chi connectivity index (χ4v) is 2.60. The summed E-state index contributed by atoms with van der Waals surface area (Å²) in [5.74, 6) is 0.525. The summed E-state index contributed by atoms with van der Waals surface area (Å²) in [5.41, 5.74) is 2.34. The highest BCUT2D eigenvalue weighted by molar-refractivity contribution is 7.99. The van der Waals surface area contributed by atoms with E-state index in [1.807, 2.05) is 10.8 Å². The molecule has 0 aliphatic rings. The Morgan fingerprint density at radius 1 is 1.35 bits per heavy atom. The van der Waals surface area contributed by atoms with Crippen molar-refractivity contribution in [2.24, 2.45) is 0 Å². The van der Waals surface area contributed by atoms with Crippen LogP contribution in [0.4, 0.5) is 0 Å². The Labute approximate surface area is 123 Å². The van der Waals surface area contributed by atoms with Crippen molar-refractivity contribution in [1.82, 2.24) is 9.55 Å². The van der Waals surface area contributed by atoms with Crippen LogP contribution in [0.25, 0.3) is 5.69 Å². The number of hydrogen-bond donors (Lipinski definition) is 0. The summed E-state index contributed by atoms with van der Waals surface area (Å²) < 4.78 is 6.61. The number of aromatic nitrogens is 2.